The number of rotatable bonds is 2. The van der Waals surface area contributed by atoms with Crippen LogP contribution in [0.4, 0.5) is 4.39 Å². The van der Waals surface area contributed by atoms with Crippen molar-refractivity contribution in [1.29, 1.82) is 0 Å². The fourth-order valence-corrected chi connectivity index (χ4v) is 3.60. The highest BCUT2D eigenvalue weighted by Crippen LogP contribution is 2.37. The third kappa shape index (κ3) is 2.24. The molecule has 1 N–H and O–H groups in total. The summed E-state index contributed by atoms with van der Waals surface area (Å²) < 4.78 is 13.2. The minimum Gasteiger partial charge on any atom is -0.508 e. The highest BCUT2D eigenvalue weighted by molar-refractivity contribution is 5.32. The second-order valence-electron chi connectivity index (χ2n) is 5.64. The van der Waals surface area contributed by atoms with E-state index in [-0.39, 0.29) is 11.6 Å². The van der Waals surface area contributed by atoms with Gasteiger partial charge >= 0.3 is 0 Å². The lowest BCUT2D eigenvalue weighted by Crippen LogP contribution is -2.34. The summed E-state index contributed by atoms with van der Waals surface area (Å²) in [4.78, 5) is 2.43. The Morgan fingerprint density at radius 3 is 2.94 bits per heavy atom. The van der Waals surface area contributed by atoms with Gasteiger partial charge in [0.25, 0.3) is 0 Å². The van der Waals surface area contributed by atoms with E-state index in [4.69, 9.17) is 0 Å². The lowest BCUT2D eigenvalue weighted by atomic mass is 9.85. The molecule has 2 unspecified atom stereocenters. The number of phenols is 1. The maximum absolute atomic E-state index is 13.2. The average molecular weight is 249 g/mol. The molecule has 1 aromatic carbocycles. The van der Waals surface area contributed by atoms with E-state index in [0.29, 0.717) is 12.6 Å². The summed E-state index contributed by atoms with van der Waals surface area (Å²) in [5.74, 6) is 0.785. The summed E-state index contributed by atoms with van der Waals surface area (Å²) in [6, 6.07) is 4.89. The largest absolute Gasteiger partial charge is 0.508 e. The molecule has 1 aliphatic carbocycles. The molecule has 18 heavy (non-hydrogen) atoms. The van der Waals surface area contributed by atoms with E-state index in [1.54, 1.807) is 0 Å². The zero-order chi connectivity index (χ0) is 12.5. The van der Waals surface area contributed by atoms with E-state index < -0.39 is 0 Å². The van der Waals surface area contributed by atoms with Crippen LogP contribution in [0.25, 0.3) is 0 Å². The number of aromatic hydroxyl groups is 1. The van der Waals surface area contributed by atoms with Crippen molar-refractivity contribution in [3.63, 3.8) is 0 Å². The Balaban J connectivity index is 1.74. The third-order valence-electron chi connectivity index (χ3n) is 4.54. The van der Waals surface area contributed by atoms with Gasteiger partial charge in [0.1, 0.15) is 11.6 Å². The molecule has 2 fully saturated rings. The topological polar surface area (TPSA) is 23.5 Å². The molecule has 98 valence electrons. The Hall–Kier alpha value is -1.09. The molecule has 2 aliphatic rings. The number of halogens is 1. The first-order valence-corrected chi connectivity index (χ1v) is 6.95. The van der Waals surface area contributed by atoms with Crippen molar-refractivity contribution < 1.29 is 9.50 Å². The molecule has 1 saturated carbocycles. The summed E-state index contributed by atoms with van der Waals surface area (Å²) in [5.41, 5.74) is 0.723. The van der Waals surface area contributed by atoms with Gasteiger partial charge in [-0.05, 0) is 49.9 Å². The van der Waals surface area contributed by atoms with Gasteiger partial charge in [0, 0.05) is 18.2 Å². The summed E-state index contributed by atoms with van der Waals surface area (Å²) in [5, 5.41) is 9.80. The van der Waals surface area contributed by atoms with Crippen molar-refractivity contribution in [1.82, 2.24) is 4.90 Å². The second kappa shape index (κ2) is 4.88. The highest BCUT2D eigenvalue weighted by Gasteiger charge is 2.35. The van der Waals surface area contributed by atoms with Crippen LogP contribution in [-0.4, -0.2) is 22.6 Å². The molecule has 0 radical (unpaired) electrons. The van der Waals surface area contributed by atoms with Gasteiger partial charge in [0.15, 0.2) is 0 Å². The lowest BCUT2D eigenvalue weighted by molar-refractivity contribution is 0.174. The van der Waals surface area contributed by atoms with Crippen molar-refractivity contribution in [3.8, 4) is 5.75 Å². The number of nitrogens with zero attached hydrogens (tertiary/aromatic N) is 1. The summed E-state index contributed by atoms with van der Waals surface area (Å²) in [6.45, 7) is 1.77. The fraction of sp³-hybridized carbons (Fsp3) is 0.600. The van der Waals surface area contributed by atoms with Crippen LogP contribution in [0.1, 0.15) is 37.7 Å². The maximum Gasteiger partial charge on any atom is 0.123 e. The quantitative estimate of drug-likeness (QED) is 0.869. The first-order valence-electron chi connectivity index (χ1n) is 6.95. The van der Waals surface area contributed by atoms with Gasteiger partial charge in [-0.1, -0.05) is 12.8 Å². The average Bonchev–Trinajstić information content (AvgIpc) is 2.78. The molecule has 1 saturated heterocycles. The van der Waals surface area contributed by atoms with Crippen LogP contribution in [0.5, 0.6) is 5.75 Å². The molecule has 2 nitrogen and oxygen atoms in total. The van der Waals surface area contributed by atoms with Crippen LogP contribution >= 0.6 is 0 Å². The molecule has 0 bridgehead atoms. The number of likely N-dealkylation sites (tertiary alicyclic amines) is 1. The van der Waals surface area contributed by atoms with E-state index in [0.717, 1.165) is 18.0 Å². The van der Waals surface area contributed by atoms with Gasteiger partial charge in [-0.3, -0.25) is 4.90 Å². The van der Waals surface area contributed by atoms with Crippen LogP contribution in [0, 0.1) is 11.7 Å². The normalized spacial score (nSPS) is 28.3. The third-order valence-corrected chi connectivity index (χ3v) is 4.54. The van der Waals surface area contributed by atoms with E-state index in [9.17, 15) is 9.50 Å². The fourth-order valence-electron chi connectivity index (χ4n) is 3.60. The molecule has 3 heteroatoms. The van der Waals surface area contributed by atoms with E-state index in [2.05, 4.69) is 4.90 Å². The molecular weight excluding hydrogens is 229 g/mol. The number of fused-ring (bicyclic) bond motifs is 1. The van der Waals surface area contributed by atoms with E-state index in [1.807, 2.05) is 0 Å². The van der Waals surface area contributed by atoms with Crippen molar-refractivity contribution >= 4 is 0 Å². The van der Waals surface area contributed by atoms with Gasteiger partial charge in [-0.25, -0.2) is 4.39 Å². The SMILES string of the molecule is Oc1ccc(F)cc1CN1CCC2CCCCC21. The van der Waals surface area contributed by atoms with Crippen LogP contribution in [-0.2, 0) is 6.54 Å². The Labute approximate surface area is 107 Å². The first kappa shape index (κ1) is 12.0. The number of hydrogen-bond donors (Lipinski definition) is 1. The van der Waals surface area contributed by atoms with E-state index in [1.165, 1.54) is 50.3 Å². The molecule has 1 heterocycles. The van der Waals surface area contributed by atoms with Crippen molar-refractivity contribution in [2.75, 3.05) is 6.54 Å². The first-order chi connectivity index (χ1) is 8.74. The predicted octanol–water partition coefficient (Wildman–Crippen LogP) is 3.30. The lowest BCUT2D eigenvalue weighted by Gasteiger charge is -2.31. The van der Waals surface area contributed by atoms with Crippen LogP contribution < -0.4 is 0 Å². The number of phenolic OH excluding ortho intramolecular Hbond substituents is 1. The zero-order valence-corrected chi connectivity index (χ0v) is 10.6. The van der Waals surface area contributed by atoms with Gasteiger partial charge < -0.3 is 5.11 Å². The molecule has 1 aliphatic heterocycles. The second-order valence-corrected chi connectivity index (χ2v) is 5.64. The maximum atomic E-state index is 13.2. The summed E-state index contributed by atoms with van der Waals surface area (Å²) >= 11 is 0. The van der Waals surface area contributed by atoms with Crippen molar-refractivity contribution in [2.24, 2.45) is 5.92 Å². The molecule has 2 atom stereocenters. The van der Waals surface area contributed by atoms with Crippen LogP contribution in [0.3, 0.4) is 0 Å². The van der Waals surface area contributed by atoms with Crippen LogP contribution in [0.2, 0.25) is 0 Å². The van der Waals surface area contributed by atoms with Crippen LogP contribution in [0.15, 0.2) is 18.2 Å². The summed E-state index contributed by atoms with van der Waals surface area (Å²) in [7, 11) is 0. The minimum atomic E-state index is -0.262. The van der Waals surface area contributed by atoms with E-state index >= 15 is 0 Å². The van der Waals surface area contributed by atoms with Gasteiger partial charge in [-0.15, -0.1) is 0 Å². The Morgan fingerprint density at radius 1 is 1.22 bits per heavy atom. The predicted molar refractivity (Wildman–Crippen MR) is 68.8 cm³/mol. The molecule has 3 rings (SSSR count). The molecule has 1 aromatic rings. The smallest absolute Gasteiger partial charge is 0.123 e. The Morgan fingerprint density at radius 2 is 2.06 bits per heavy atom. The van der Waals surface area contributed by atoms with Crippen molar-refractivity contribution in [2.45, 2.75) is 44.7 Å². The highest BCUT2D eigenvalue weighted by atomic mass is 19.1. The minimum absolute atomic E-state index is 0.218. The summed E-state index contributed by atoms with van der Waals surface area (Å²) in [6.07, 6.45) is 6.55. The number of hydrogen-bond acceptors (Lipinski definition) is 2. The molecule has 0 aromatic heterocycles. The van der Waals surface area contributed by atoms with Gasteiger partial charge in [-0.2, -0.15) is 0 Å². The monoisotopic (exact) mass is 249 g/mol. The Kier molecular flexibility index (Phi) is 3.25. The zero-order valence-electron chi connectivity index (χ0n) is 10.6. The van der Waals surface area contributed by atoms with Gasteiger partial charge in [0.05, 0.1) is 0 Å². The molecular formula is C15H20FNO. The standard InChI is InChI=1S/C15H20FNO/c16-13-5-6-15(18)12(9-13)10-17-8-7-11-3-1-2-4-14(11)17/h5-6,9,11,14,18H,1-4,7-8,10H2. The molecule has 0 spiro atoms. The number of benzene rings is 1. The molecule has 0 amide bonds. The Bertz CT molecular complexity index is 435. The van der Waals surface area contributed by atoms with Gasteiger partial charge in [0.2, 0.25) is 0 Å². The van der Waals surface area contributed by atoms with Crippen molar-refractivity contribution in [3.05, 3.63) is 29.6 Å².